The Labute approximate surface area is 155 Å². The summed E-state index contributed by atoms with van der Waals surface area (Å²) in [5, 5.41) is 3.07. The number of rotatable bonds is 7. The molecule has 7 nitrogen and oxygen atoms in total. The van der Waals surface area contributed by atoms with Gasteiger partial charge in [0.1, 0.15) is 0 Å². The highest BCUT2D eigenvalue weighted by Gasteiger charge is 2.33. The van der Waals surface area contributed by atoms with Crippen LogP contribution >= 0.6 is 12.4 Å². The van der Waals surface area contributed by atoms with E-state index >= 15 is 0 Å². The van der Waals surface area contributed by atoms with E-state index in [-0.39, 0.29) is 28.2 Å². The zero-order valence-corrected chi connectivity index (χ0v) is 16.5. The molecule has 1 unspecified atom stereocenters. The summed E-state index contributed by atoms with van der Waals surface area (Å²) in [5.41, 5.74) is 0. The summed E-state index contributed by atoms with van der Waals surface area (Å²) in [6.07, 6.45) is 2.54. The molecule has 1 aromatic rings. The van der Waals surface area contributed by atoms with Gasteiger partial charge in [0.25, 0.3) is 0 Å². The molecule has 1 heterocycles. The average molecular weight is 410 g/mol. The number of hydrogen-bond donors (Lipinski definition) is 2. The van der Waals surface area contributed by atoms with Gasteiger partial charge in [0, 0.05) is 19.1 Å². The van der Waals surface area contributed by atoms with Crippen molar-refractivity contribution in [2.45, 2.75) is 35.1 Å². The molecule has 3 rings (SSSR count). The molecule has 25 heavy (non-hydrogen) atoms. The second kappa shape index (κ2) is 7.89. The highest BCUT2D eigenvalue weighted by Crippen LogP contribution is 2.26. The van der Waals surface area contributed by atoms with Crippen LogP contribution in [-0.2, 0) is 20.0 Å². The SMILES string of the molecule is CNCC1CCN(S(=O)(=O)c2ccc(S(=O)(=O)NC3CC3)cc2)C1.Cl. The molecule has 2 aliphatic rings. The smallest absolute Gasteiger partial charge is 0.243 e. The maximum Gasteiger partial charge on any atom is 0.243 e. The van der Waals surface area contributed by atoms with Crippen molar-refractivity contribution in [2.24, 2.45) is 5.92 Å². The summed E-state index contributed by atoms with van der Waals surface area (Å²) in [4.78, 5) is 0.237. The Morgan fingerprint density at radius 3 is 2.20 bits per heavy atom. The van der Waals surface area contributed by atoms with E-state index in [0.29, 0.717) is 19.0 Å². The molecule has 0 amide bonds. The fraction of sp³-hybridized carbons (Fsp3) is 0.600. The molecule has 2 N–H and O–H groups in total. The van der Waals surface area contributed by atoms with E-state index in [9.17, 15) is 16.8 Å². The monoisotopic (exact) mass is 409 g/mol. The molecule has 1 aliphatic heterocycles. The van der Waals surface area contributed by atoms with Crippen LogP contribution < -0.4 is 10.0 Å². The van der Waals surface area contributed by atoms with E-state index in [1.807, 2.05) is 7.05 Å². The molecular formula is C15H24ClN3O4S2. The number of sulfonamides is 2. The fourth-order valence-electron chi connectivity index (χ4n) is 2.90. The van der Waals surface area contributed by atoms with Crippen molar-refractivity contribution in [2.75, 3.05) is 26.7 Å². The Hall–Kier alpha value is -0.710. The molecule has 0 spiro atoms. The number of nitrogens with zero attached hydrogens (tertiary/aromatic N) is 1. The van der Waals surface area contributed by atoms with Crippen LogP contribution in [0.3, 0.4) is 0 Å². The molecular weight excluding hydrogens is 386 g/mol. The van der Waals surface area contributed by atoms with Crippen LogP contribution in [0.5, 0.6) is 0 Å². The molecule has 1 atom stereocenters. The lowest BCUT2D eigenvalue weighted by molar-refractivity contribution is 0.451. The summed E-state index contributed by atoms with van der Waals surface area (Å²) >= 11 is 0. The van der Waals surface area contributed by atoms with Crippen LogP contribution in [0.2, 0.25) is 0 Å². The molecule has 0 radical (unpaired) electrons. The van der Waals surface area contributed by atoms with Gasteiger partial charge in [-0.1, -0.05) is 0 Å². The lowest BCUT2D eigenvalue weighted by Gasteiger charge is -2.17. The van der Waals surface area contributed by atoms with Crippen molar-refractivity contribution < 1.29 is 16.8 Å². The largest absolute Gasteiger partial charge is 0.319 e. The van der Waals surface area contributed by atoms with E-state index in [2.05, 4.69) is 10.0 Å². The molecule has 142 valence electrons. The van der Waals surface area contributed by atoms with E-state index in [0.717, 1.165) is 25.8 Å². The molecule has 0 aromatic heterocycles. The van der Waals surface area contributed by atoms with Gasteiger partial charge in [0.05, 0.1) is 9.79 Å². The van der Waals surface area contributed by atoms with Gasteiger partial charge < -0.3 is 5.32 Å². The Morgan fingerprint density at radius 2 is 1.64 bits per heavy atom. The van der Waals surface area contributed by atoms with Gasteiger partial charge >= 0.3 is 0 Å². The molecule has 10 heteroatoms. The molecule has 1 aromatic carbocycles. The van der Waals surface area contributed by atoms with Crippen molar-refractivity contribution in [1.29, 1.82) is 0 Å². The second-order valence-electron chi connectivity index (χ2n) is 6.44. The summed E-state index contributed by atoms with van der Waals surface area (Å²) in [7, 11) is -5.28. The molecule has 1 saturated carbocycles. The molecule has 2 fully saturated rings. The van der Waals surface area contributed by atoms with Crippen molar-refractivity contribution in [3.8, 4) is 0 Å². The first-order valence-corrected chi connectivity index (χ1v) is 11.0. The Bertz CT molecular complexity index is 793. The van der Waals surface area contributed by atoms with Gasteiger partial charge in [-0.15, -0.1) is 12.4 Å². The topological polar surface area (TPSA) is 95.6 Å². The van der Waals surface area contributed by atoms with E-state index in [4.69, 9.17) is 0 Å². The minimum Gasteiger partial charge on any atom is -0.319 e. The zero-order valence-electron chi connectivity index (χ0n) is 14.0. The van der Waals surface area contributed by atoms with Crippen LogP contribution in [0.1, 0.15) is 19.3 Å². The summed E-state index contributed by atoms with van der Waals surface area (Å²) in [6.45, 7) is 1.78. The van der Waals surface area contributed by atoms with E-state index in [1.54, 1.807) is 0 Å². The number of nitrogens with one attached hydrogen (secondary N) is 2. The molecule has 1 saturated heterocycles. The van der Waals surface area contributed by atoms with Crippen molar-refractivity contribution in [3.63, 3.8) is 0 Å². The van der Waals surface area contributed by atoms with Crippen LogP contribution in [0.25, 0.3) is 0 Å². The Kier molecular flexibility index (Phi) is 6.50. The third-order valence-corrected chi connectivity index (χ3v) is 7.83. The average Bonchev–Trinajstić information content (AvgIpc) is 3.21. The highest BCUT2D eigenvalue weighted by molar-refractivity contribution is 7.89. The Balaban J connectivity index is 0.00000225. The maximum absolute atomic E-state index is 12.7. The van der Waals surface area contributed by atoms with Gasteiger partial charge in [-0.25, -0.2) is 21.6 Å². The van der Waals surface area contributed by atoms with Crippen molar-refractivity contribution in [1.82, 2.24) is 14.3 Å². The lowest BCUT2D eigenvalue weighted by Crippen LogP contribution is -2.30. The minimum atomic E-state index is -3.57. The third-order valence-electron chi connectivity index (χ3n) is 4.41. The van der Waals surface area contributed by atoms with Gasteiger partial charge in [-0.3, -0.25) is 0 Å². The van der Waals surface area contributed by atoms with Gasteiger partial charge in [0.2, 0.25) is 20.0 Å². The fourth-order valence-corrected chi connectivity index (χ4v) is 5.74. The van der Waals surface area contributed by atoms with Gasteiger partial charge in [-0.2, -0.15) is 4.31 Å². The van der Waals surface area contributed by atoms with E-state index in [1.165, 1.54) is 28.6 Å². The van der Waals surface area contributed by atoms with E-state index < -0.39 is 20.0 Å². The first-order chi connectivity index (χ1) is 11.3. The third kappa shape index (κ3) is 4.72. The van der Waals surface area contributed by atoms with Crippen molar-refractivity contribution in [3.05, 3.63) is 24.3 Å². The second-order valence-corrected chi connectivity index (χ2v) is 10.1. The summed E-state index contributed by atoms with van der Waals surface area (Å²) in [5.74, 6) is 0.312. The Morgan fingerprint density at radius 1 is 1.04 bits per heavy atom. The first-order valence-electron chi connectivity index (χ1n) is 8.10. The lowest BCUT2D eigenvalue weighted by atomic mass is 10.1. The predicted octanol–water partition coefficient (Wildman–Crippen LogP) is 0.779. The standard InChI is InChI=1S/C15H23N3O4S2.ClH/c1-16-10-12-8-9-18(11-12)24(21,22)15-6-4-14(5-7-15)23(19,20)17-13-2-3-13;/h4-7,12-13,16-17H,2-3,8-11H2,1H3;1H. The minimum absolute atomic E-state index is 0. The normalized spacial score (nSPS) is 21.9. The van der Waals surface area contributed by atoms with Crippen LogP contribution in [0.15, 0.2) is 34.1 Å². The maximum atomic E-state index is 12.7. The van der Waals surface area contributed by atoms with Gasteiger partial charge in [-0.05, 0) is 63.0 Å². The molecule has 0 bridgehead atoms. The molecule has 1 aliphatic carbocycles. The van der Waals surface area contributed by atoms with Crippen LogP contribution in [-0.4, -0.2) is 53.9 Å². The predicted molar refractivity (Wildman–Crippen MR) is 97.8 cm³/mol. The number of hydrogen-bond acceptors (Lipinski definition) is 5. The van der Waals surface area contributed by atoms with Crippen LogP contribution in [0, 0.1) is 5.92 Å². The van der Waals surface area contributed by atoms with Crippen LogP contribution in [0.4, 0.5) is 0 Å². The summed E-state index contributed by atoms with van der Waals surface area (Å²) < 4.78 is 53.7. The van der Waals surface area contributed by atoms with Crippen molar-refractivity contribution >= 4 is 32.5 Å². The number of halogens is 1. The zero-order chi connectivity index (χ0) is 17.4. The van der Waals surface area contributed by atoms with Gasteiger partial charge in [0.15, 0.2) is 0 Å². The quantitative estimate of drug-likeness (QED) is 0.693. The highest BCUT2D eigenvalue weighted by atomic mass is 35.5. The first kappa shape index (κ1) is 20.6. The summed E-state index contributed by atoms with van der Waals surface area (Å²) in [6, 6.07) is 5.49. The number of benzene rings is 1.